The molecule has 0 amide bonds. The maximum atomic E-state index is 6.10. The fraction of sp³-hybridized carbons (Fsp3) is 0.600. The first kappa shape index (κ1) is 11.8. The van der Waals surface area contributed by atoms with E-state index in [2.05, 4.69) is 30.1 Å². The van der Waals surface area contributed by atoms with Crippen molar-refractivity contribution in [2.75, 3.05) is 31.6 Å². The summed E-state index contributed by atoms with van der Waals surface area (Å²) in [4.78, 5) is 2.28. The van der Waals surface area contributed by atoms with Crippen molar-refractivity contribution >= 4 is 5.69 Å². The van der Waals surface area contributed by atoms with E-state index in [0.717, 1.165) is 25.4 Å². The minimum atomic E-state index is 0.156. The average molecular weight is 246 g/mol. The molecule has 1 heterocycles. The lowest BCUT2D eigenvalue weighted by atomic mass is 9.78. The molecular formula is C15H22N2O. The molecule has 0 saturated heterocycles. The number of hydrogen-bond donors (Lipinski definition) is 1. The molecule has 2 N–H and O–H groups in total. The summed E-state index contributed by atoms with van der Waals surface area (Å²) in [5, 5.41) is 0. The summed E-state index contributed by atoms with van der Waals surface area (Å²) in [5.74, 6) is 1.08. The zero-order valence-electron chi connectivity index (χ0n) is 11.1. The third-order valence-electron chi connectivity index (χ3n) is 4.60. The largest absolute Gasteiger partial charge is 0.489 e. The first-order valence-electron chi connectivity index (χ1n) is 6.94. The van der Waals surface area contributed by atoms with E-state index in [9.17, 15) is 0 Å². The molecule has 3 heteroatoms. The SMILES string of the molecule is CN1CCOc2c1cccc2C1(CN)CCCC1. The second-order valence-corrected chi connectivity index (χ2v) is 5.62. The highest BCUT2D eigenvalue weighted by Crippen LogP contribution is 2.47. The van der Waals surface area contributed by atoms with Gasteiger partial charge in [0.15, 0.2) is 0 Å². The molecule has 3 rings (SSSR count). The van der Waals surface area contributed by atoms with E-state index in [1.54, 1.807) is 0 Å². The van der Waals surface area contributed by atoms with E-state index in [-0.39, 0.29) is 5.41 Å². The van der Waals surface area contributed by atoms with Crippen LogP contribution in [-0.2, 0) is 5.41 Å². The number of fused-ring (bicyclic) bond motifs is 1. The molecule has 2 aliphatic rings. The van der Waals surface area contributed by atoms with E-state index in [0.29, 0.717) is 0 Å². The Kier molecular flexibility index (Phi) is 2.94. The van der Waals surface area contributed by atoms with Gasteiger partial charge >= 0.3 is 0 Å². The number of para-hydroxylation sites is 1. The number of anilines is 1. The highest BCUT2D eigenvalue weighted by atomic mass is 16.5. The first-order chi connectivity index (χ1) is 8.77. The van der Waals surface area contributed by atoms with Crippen molar-refractivity contribution in [3.8, 4) is 5.75 Å². The summed E-state index contributed by atoms with van der Waals surface area (Å²) >= 11 is 0. The third-order valence-corrected chi connectivity index (χ3v) is 4.60. The average Bonchev–Trinajstić information content (AvgIpc) is 2.89. The standard InChI is InChI=1S/C15H22N2O/c1-17-9-10-18-14-12(5-4-6-13(14)17)15(11-16)7-2-3-8-15/h4-6H,2-3,7-11,16H2,1H3. The monoisotopic (exact) mass is 246 g/mol. The molecule has 98 valence electrons. The quantitative estimate of drug-likeness (QED) is 0.870. The lowest BCUT2D eigenvalue weighted by molar-refractivity contribution is 0.297. The van der Waals surface area contributed by atoms with E-state index < -0.39 is 0 Å². The van der Waals surface area contributed by atoms with Gasteiger partial charge in [-0.05, 0) is 18.9 Å². The molecule has 0 unspecified atom stereocenters. The minimum absolute atomic E-state index is 0.156. The number of hydrogen-bond acceptors (Lipinski definition) is 3. The number of ether oxygens (including phenoxy) is 1. The topological polar surface area (TPSA) is 38.5 Å². The van der Waals surface area contributed by atoms with Gasteiger partial charge in [-0.25, -0.2) is 0 Å². The zero-order chi connectivity index (χ0) is 12.6. The van der Waals surface area contributed by atoms with Gasteiger partial charge in [-0.2, -0.15) is 0 Å². The highest BCUT2D eigenvalue weighted by molar-refractivity contribution is 5.64. The summed E-state index contributed by atoms with van der Waals surface area (Å²) < 4.78 is 5.97. The summed E-state index contributed by atoms with van der Waals surface area (Å²) in [6.07, 6.45) is 4.98. The molecule has 0 bridgehead atoms. The molecule has 0 atom stereocenters. The van der Waals surface area contributed by atoms with Gasteiger partial charge in [-0.15, -0.1) is 0 Å². The van der Waals surface area contributed by atoms with Crippen molar-refractivity contribution in [3.05, 3.63) is 23.8 Å². The lowest BCUT2D eigenvalue weighted by Crippen LogP contribution is -2.35. The Morgan fingerprint density at radius 3 is 2.83 bits per heavy atom. The molecule has 3 nitrogen and oxygen atoms in total. The maximum Gasteiger partial charge on any atom is 0.146 e. The van der Waals surface area contributed by atoms with Gasteiger partial charge in [0.05, 0.1) is 12.2 Å². The van der Waals surface area contributed by atoms with E-state index in [1.807, 2.05) is 0 Å². The highest BCUT2D eigenvalue weighted by Gasteiger charge is 2.38. The molecule has 1 aromatic rings. The number of likely N-dealkylation sites (N-methyl/N-ethyl adjacent to an activating group) is 1. The smallest absolute Gasteiger partial charge is 0.146 e. The van der Waals surface area contributed by atoms with Crippen LogP contribution in [0.15, 0.2) is 18.2 Å². The van der Waals surface area contributed by atoms with Gasteiger partial charge in [0.1, 0.15) is 12.4 Å². The maximum absolute atomic E-state index is 6.10. The van der Waals surface area contributed by atoms with Crippen LogP contribution in [0.4, 0.5) is 5.69 Å². The molecule has 0 radical (unpaired) electrons. The molecular weight excluding hydrogens is 224 g/mol. The van der Waals surface area contributed by atoms with Gasteiger partial charge in [-0.3, -0.25) is 0 Å². The number of rotatable bonds is 2. The Hall–Kier alpha value is -1.22. The van der Waals surface area contributed by atoms with E-state index in [4.69, 9.17) is 10.5 Å². The fourth-order valence-electron chi connectivity index (χ4n) is 3.44. The van der Waals surface area contributed by atoms with Gasteiger partial charge < -0.3 is 15.4 Å². The van der Waals surface area contributed by atoms with Gasteiger partial charge in [0.25, 0.3) is 0 Å². The first-order valence-corrected chi connectivity index (χ1v) is 6.94. The van der Waals surface area contributed by atoms with Crippen LogP contribution in [0.2, 0.25) is 0 Å². The van der Waals surface area contributed by atoms with Crippen LogP contribution in [0, 0.1) is 0 Å². The van der Waals surface area contributed by atoms with Crippen molar-refractivity contribution in [1.29, 1.82) is 0 Å². The predicted molar refractivity (Wildman–Crippen MR) is 74.4 cm³/mol. The fourth-order valence-corrected chi connectivity index (χ4v) is 3.44. The lowest BCUT2D eigenvalue weighted by Gasteiger charge is -2.35. The Labute approximate surface area is 109 Å². The van der Waals surface area contributed by atoms with Crippen LogP contribution in [-0.4, -0.2) is 26.7 Å². The number of benzene rings is 1. The molecule has 0 spiro atoms. The molecule has 1 saturated carbocycles. The summed E-state index contributed by atoms with van der Waals surface area (Å²) in [6, 6.07) is 6.52. The summed E-state index contributed by atoms with van der Waals surface area (Å²) in [5.41, 5.74) is 8.82. The Balaban J connectivity index is 2.09. The molecule has 1 aliphatic carbocycles. The van der Waals surface area contributed by atoms with Crippen molar-refractivity contribution < 1.29 is 4.74 Å². The van der Waals surface area contributed by atoms with Crippen molar-refractivity contribution in [2.45, 2.75) is 31.1 Å². The Bertz CT molecular complexity index is 438. The van der Waals surface area contributed by atoms with Crippen molar-refractivity contribution in [2.24, 2.45) is 5.73 Å². The molecule has 18 heavy (non-hydrogen) atoms. The van der Waals surface area contributed by atoms with Crippen LogP contribution in [0.5, 0.6) is 5.75 Å². The van der Waals surface area contributed by atoms with E-state index in [1.165, 1.54) is 36.9 Å². The number of nitrogens with two attached hydrogens (primary N) is 1. The van der Waals surface area contributed by atoms with Crippen LogP contribution in [0.3, 0.4) is 0 Å². The minimum Gasteiger partial charge on any atom is -0.489 e. The molecule has 1 fully saturated rings. The van der Waals surface area contributed by atoms with Crippen molar-refractivity contribution in [3.63, 3.8) is 0 Å². The number of nitrogens with zero attached hydrogens (tertiary/aromatic N) is 1. The second kappa shape index (κ2) is 4.47. The zero-order valence-corrected chi connectivity index (χ0v) is 11.1. The normalized spacial score (nSPS) is 21.6. The van der Waals surface area contributed by atoms with Crippen molar-refractivity contribution in [1.82, 2.24) is 0 Å². The van der Waals surface area contributed by atoms with Crippen LogP contribution in [0.25, 0.3) is 0 Å². The summed E-state index contributed by atoms with van der Waals surface area (Å²) in [6.45, 7) is 2.48. The Morgan fingerprint density at radius 1 is 1.33 bits per heavy atom. The van der Waals surface area contributed by atoms with Gasteiger partial charge in [0, 0.05) is 24.6 Å². The summed E-state index contributed by atoms with van der Waals surface area (Å²) in [7, 11) is 2.13. The Morgan fingerprint density at radius 2 is 2.11 bits per heavy atom. The molecule has 1 aromatic carbocycles. The molecule has 1 aliphatic heterocycles. The van der Waals surface area contributed by atoms with E-state index >= 15 is 0 Å². The van der Waals surface area contributed by atoms with Crippen LogP contribution in [0.1, 0.15) is 31.2 Å². The van der Waals surface area contributed by atoms with Gasteiger partial charge in [0.2, 0.25) is 0 Å². The second-order valence-electron chi connectivity index (χ2n) is 5.62. The van der Waals surface area contributed by atoms with Crippen LogP contribution >= 0.6 is 0 Å². The third kappa shape index (κ3) is 1.69. The molecule has 0 aromatic heterocycles. The predicted octanol–water partition coefficient (Wildman–Crippen LogP) is 2.29. The van der Waals surface area contributed by atoms with Gasteiger partial charge in [-0.1, -0.05) is 25.0 Å². The van der Waals surface area contributed by atoms with Crippen LogP contribution < -0.4 is 15.4 Å².